The second-order valence-corrected chi connectivity index (χ2v) is 6.90. The number of aromatic nitrogens is 2. The van der Waals surface area contributed by atoms with E-state index in [0.29, 0.717) is 24.7 Å². The molecule has 0 amide bonds. The topological polar surface area (TPSA) is 70.7 Å². The number of hydrogen-bond donors (Lipinski definition) is 1. The maximum Gasteiger partial charge on any atom is 0.256 e. The van der Waals surface area contributed by atoms with Gasteiger partial charge in [0.25, 0.3) is 5.56 Å². The summed E-state index contributed by atoms with van der Waals surface area (Å²) in [7, 11) is 0. The number of hydrogen-bond acceptors (Lipinski definition) is 6. The minimum absolute atomic E-state index is 0.0693. The lowest BCUT2D eigenvalue weighted by atomic mass is 10.1. The van der Waals surface area contributed by atoms with Crippen LogP contribution in [0.2, 0.25) is 0 Å². The lowest BCUT2D eigenvalue weighted by Crippen LogP contribution is -2.47. The summed E-state index contributed by atoms with van der Waals surface area (Å²) in [4.78, 5) is 24.3. The first kappa shape index (κ1) is 17.6. The lowest BCUT2D eigenvalue weighted by Gasteiger charge is -2.35. The molecule has 1 aromatic carbocycles. The van der Waals surface area contributed by atoms with Crippen LogP contribution in [0.15, 0.2) is 35.6 Å². The van der Waals surface area contributed by atoms with E-state index in [4.69, 9.17) is 9.47 Å². The molecule has 0 unspecified atom stereocenters. The van der Waals surface area contributed by atoms with E-state index in [1.54, 1.807) is 6.08 Å². The van der Waals surface area contributed by atoms with E-state index in [-0.39, 0.29) is 5.56 Å². The second-order valence-electron chi connectivity index (χ2n) is 6.90. The molecule has 0 saturated carbocycles. The molecule has 0 aliphatic carbocycles. The third-order valence-corrected chi connectivity index (χ3v) is 5.07. The monoisotopic (exact) mass is 368 g/mol. The Labute approximate surface area is 158 Å². The van der Waals surface area contributed by atoms with E-state index in [1.807, 2.05) is 13.0 Å². The Balaban J connectivity index is 1.39. The van der Waals surface area contributed by atoms with Gasteiger partial charge in [0.05, 0.1) is 5.69 Å². The van der Waals surface area contributed by atoms with Crippen molar-refractivity contribution in [3.63, 3.8) is 0 Å². The Hall–Kier alpha value is -2.80. The van der Waals surface area contributed by atoms with Crippen LogP contribution in [-0.4, -0.2) is 47.8 Å². The number of rotatable bonds is 5. The van der Waals surface area contributed by atoms with Crippen LogP contribution in [0.1, 0.15) is 16.8 Å². The number of allylic oxidation sites excluding steroid dienone is 1. The molecule has 7 heteroatoms. The molecular weight excluding hydrogens is 344 g/mol. The minimum atomic E-state index is -0.0693. The van der Waals surface area contributed by atoms with Crippen LogP contribution in [-0.2, 0) is 13.0 Å². The van der Waals surface area contributed by atoms with E-state index in [9.17, 15) is 4.79 Å². The summed E-state index contributed by atoms with van der Waals surface area (Å²) in [6.45, 7) is 10.2. The van der Waals surface area contributed by atoms with Gasteiger partial charge in [0.15, 0.2) is 11.5 Å². The highest BCUT2D eigenvalue weighted by atomic mass is 16.7. The van der Waals surface area contributed by atoms with Gasteiger partial charge in [-0.25, -0.2) is 4.98 Å². The molecule has 0 radical (unpaired) electrons. The van der Waals surface area contributed by atoms with Crippen LogP contribution < -0.4 is 19.9 Å². The number of nitrogens with one attached hydrogen (secondary N) is 1. The van der Waals surface area contributed by atoms with Gasteiger partial charge in [-0.1, -0.05) is 12.1 Å². The number of ether oxygens (including phenoxy) is 2. The van der Waals surface area contributed by atoms with E-state index < -0.39 is 0 Å². The zero-order valence-corrected chi connectivity index (χ0v) is 15.5. The number of H-pyrrole nitrogens is 1. The SMILES string of the molecule is C=CCc1c(C)nc(N2CCN(Cc3ccc4c(c3)OCO4)CC2)[nH]c1=O. The molecule has 2 aliphatic heterocycles. The highest BCUT2D eigenvalue weighted by Crippen LogP contribution is 2.32. The normalized spacial score (nSPS) is 16.6. The molecule has 0 atom stereocenters. The number of nitrogens with zero attached hydrogens (tertiary/aromatic N) is 3. The zero-order valence-electron chi connectivity index (χ0n) is 15.5. The highest BCUT2D eigenvalue weighted by molar-refractivity contribution is 5.44. The molecule has 2 aromatic rings. The number of aryl methyl sites for hydroxylation is 1. The van der Waals surface area contributed by atoms with Crippen LogP contribution in [0.5, 0.6) is 11.5 Å². The highest BCUT2D eigenvalue weighted by Gasteiger charge is 2.21. The van der Waals surface area contributed by atoms with E-state index >= 15 is 0 Å². The molecule has 3 heterocycles. The number of aromatic amines is 1. The number of anilines is 1. The number of piperazine rings is 1. The van der Waals surface area contributed by atoms with Crippen LogP contribution >= 0.6 is 0 Å². The van der Waals surface area contributed by atoms with Crippen molar-refractivity contribution in [3.8, 4) is 11.5 Å². The van der Waals surface area contributed by atoms with Crippen molar-refractivity contribution in [2.24, 2.45) is 0 Å². The Kier molecular flexibility index (Phi) is 4.85. The Morgan fingerprint density at radius 2 is 2.00 bits per heavy atom. The second kappa shape index (κ2) is 7.44. The van der Waals surface area contributed by atoms with Gasteiger partial charge in [0.2, 0.25) is 12.7 Å². The van der Waals surface area contributed by atoms with E-state index in [0.717, 1.165) is 49.9 Å². The molecular formula is C20H24N4O3. The Morgan fingerprint density at radius 3 is 2.74 bits per heavy atom. The maximum absolute atomic E-state index is 12.3. The van der Waals surface area contributed by atoms with Gasteiger partial charge in [-0.2, -0.15) is 0 Å². The van der Waals surface area contributed by atoms with Gasteiger partial charge in [0, 0.05) is 38.3 Å². The fourth-order valence-electron chi connectivity index (χ4n) is 3.55. The Bertz CT molecular complexity index is 901. The molecule has 1 N–H and O–H groups in total. The summed E-state index contributed by atoms with van der Waals surface area (Å²) in [5.74, 6) is 2.30. The summed E-state index contributed by atoms with van der Waals surface area (Å²) in [6, 6.07) is 6.10. The van der Waals surface area contributed by atoms with E-state index in [1.165, 1.54) is 5.56 Å². The standard InChI is InChI=1S/C20H24N4O3/c1-3-4-16-14(2)21-20(22-19(16)25)24-9-7-23(8-10-24)12-15-5-6-17-18(11-15)27-13-26-17/h3,5-6,11H,1,4,7-10,12-13H2,2H3,(H,21,22,25). The van der Waals surface area contributed by atoms with Crippen LogP contribution in [0.25, 0.3) is 0 Å². The van der Waals surface area contributed by atoms with Crippen molar-refractivity contribution in [2.75, 3.05) is 37.9 Å². The first-order chi connectivity index (χ1) is 13.1. The molecule has 1 aromatic heterocycles. The molecule has 1 saturated heterocycles. The average molecular weight is 368 g/mol. The predicted octanol–water partition coefficient (Wildman–Crippen LogP) is 1.86. The first-order valence-electron chi connectivity index (χ1n) is 9.20. The summed E-state index contributed by atoms with van der Waals surface area (Å²) in [6.07, 6.45) is 2.27. The lowest BCUT2D eigenvalue weighted by molar-refractivity contribution is 0.174. The third-order valence-electron chi connectivity index (χ3n) is 5.07. The van der Waals surface area contributed by atoms with Gasteiger partial charge >= 0.3 is 0 Å². The molecule has 27 heavy (non-hydrogen) atoms. The third kappa shape index (κ3) is 3.68. The molecule has 4 rings (SSSR count). The van der Waals surface area contributed by atoms with Crippen molar-refractivity contribution in [2.45, 2.75) is 19.9 Å². The summed E-state index contributed by atoms with van der Waals surface area (Å²) >= 11 is 0. The van der Waals surface area contributed by atoms with Crippen molar-refractivity contribution in [1.82, 2.24) is 14.9 Å². The average Bonchev–Trinajstić information content (AvgIpc) is 3.13. The largest absolute Gasteiger partial charge is 0.454 e. The summed E-state index contributed by atoms with van der Waals surface area (Å²) in [5.41, 5.74) is 2.61. The number of fused-ring (bicyclic) bond motifs is 1. The number of benzene rings is 1. The van der Waals surface area contributed by atoms with Crippen LogP contribution in [0, 0.1) is 6.92 Å². The molecule has 142 valence electrons. The van der Waals surface area contributed by atoms with E-state index in [2.05, 4.69) is 38.5 Å². The fraction of sp³-hybridized carbons (Fsp3) is 0.400. The Morgan fingerprint density at radius 1 is 1.22 bits per heavy atom. The van der Waals surface area contributed by atoms with Crippen LogP contribution in [0.4, 0.5) is 5.95 Å². The van der Waals surface area contributed by atoms with Gasteiger partial charge < -0.3 is 14.4 Å². The quantitative estimate of drug-likeness (QED) is 0.813. The van der Waals surface area contributed by atoms with Gasteiger partial charge in [0.1, 0.15) is 0 Å². The molecule has 1 fully saturated rings. The van der Waals surface area contributed by atoms with Crippen molar-refractivity contribution >= 4 is 5.95 Å². The summed E-state index contributed by atoms with van der Waals surface area (Å²) in [5, 5.41) is 0. The van der Waals surface area contributed by atoms with Crippen molar-refractivity contribution in [3.05, 3.63) is 58.0 Å². The minimum Gasteiger partial charge on any atom is -0.454 e. The predicted molar refractivity (Wildman–Crippen MR) is 104 cm³/mol. The first-order valence-corrected chi connectivity index (χ1v) is 9.20. The van der Waals surface area contributed by atoms with Gasteiger partial charge in [-0.3, -0.25) is 14.7 Å². The smallest absolute Gasteiger partial charge is 0.256 e. The molecule has 7 nitrogen and oxygen atoms in total. The van der Waals surface area contributed by atoms with Gasteiger partial charge in [-0.15, -0.1) is 6.58 Å². The van der Waals surface area contributed by atoms with Crippen molar-refractivity contribution in [1.29, 1.82) is 0 Å². The zero-order chi connectivity index (χ0) is 18.8. The molecule has 0 spiro atoms. The molecule has 2 aliphatic rings. The van der Waals surface area contributed by atoms with Crippen molar-refractivity contribution < 1.29 is 9.47 Å². The summed E-state index contributed by atoms with van der Waals surface area (Å²) < 4.78 is 10.8. The maximum atomic E-state index is 12.3. The molecule has 0 bridgehead atoms. The van der Waals surface area contributed by atoms with Gasteiger partial charge in [-0.05, 0) is 31.0 Å². The fourth-order valence-corrected chi connectivity index (χ4v) is 3.55. The van der Waals surface area contributed by atoms with Crippen LogP contribution in [0.3, 0.4) is 0 Å².